The van der Waals surface area contributed by atoms with Gasteiger partial charge in [-0.25, -0.2) is 9.78 Å². The van der Waals surface area contributed by atoms with Crippen molar-refractivity contribution < 1.29 is 29.0 Å². The number of ether oxygens (including phenoxy) is 1. The standard InChI is InChI=1S/C28H37N5O6S/c1-2-3-17-39-28(38)33-16-13-29-18-21(33)24(36)20(11-12-22(34)35)30-25(37)23-27(32-14-7-8-15-32)40-26(31-23)19-9-5-4-6-10-19/h4-6,9-10,20-21,29H,2-3,7-8,11-18H2,1H3,(H,30,37)(H,34,35)/t20-,21?/m0/s1. The van der Waals surface area contributed by atoms with Crippen molar-refractivity contribution in [2.75, 3.05) is 44.2 Å². The number of benzene rings is 1. The van der Waals surface area contributed by atoms with E-state index in [0.29, 0.717) is 18.0 Å². The number of aliphatic carboxylic acids is 1. The van der Waals surface area contributed by atoms with Crippen LogP contribution in [0.25, 0.3) is 10.6 Å². The zero-order valence-electron chi connectivity index (χ0n) is 22.8. The van der Waals surface area contributed by atoms with E-state index in [0.717, 1.165) is 42.9 Å². The zero-order valence-corrected chi connectivity index (χ0v) is 23.6. The van der Waals surface area contributed by atoms with E-state index in [1.54, 1.807) is 0 Å². The highest BCUT2D eigenvalue weighted by molar-refractivity contribution is 7.19. The molecule has 0 aliphatic carbocycles. The summed E-state index contributed by atoms with van der Waals surface area (Å²) in [6.45, 7) is 4.82. The predicted octanol–water partition coefficient (Wildman–Crippen LogP) is 3.15. The lowest BCUT2D eigenvalue weighted by atomic mass is 9.98. The Morgan fingerprint density at radius 3 is 2.62 bits per heavy atom. The molecule has 1 aromatic heterocycles. The molecule has 2 atom stereocenters. The minimum absolute atomic E-state index is 0.107. The van der Waals surface area contributed by atoms with E-state index in [9.17, 15) is 24.3 Å². The van der Waals surface area contributed by atoms with E-state index in [2.05, 4.69) is 20.5 Å². The molecule has 11 nitrogen and oxygen atoms in total. The summed E-state index contributed by atoms with van der Waals surface area (Å²) >= 11 is 1.43. The van der Waals surface area contributed by atoms with E-state index in [4.69, 9.17) is 4.74 Å². The maximum absolute atomic E-state index is 13.8. The number of carboxylic acid groups (broad SMARTS) is 1. The third-order valence-corrected chi connectivity index (χ3v) is 8.23. The molecule has 12 heteroatoms. The molecule has 1 aromatic carbocycles. The molecule has 216 valence electrons. The van der Waals surface area contributed by atoms with Crippen molar-refractivity contribution in [3.63, 3.8) is 0 Å². The Morgan fingerprint density at radius 1 is 1.18 bits per heavy atom. The smallest absolute Gasteiger partial charge is 0.410 e. The number of nitrogens with one attached hydrogen (secondary N) is 2. The molecule has 2 aromatic rings. The maximum atomic E-state index is 13.8. The number of unbranched alkanes of at least 4 members (excludes halogenated alkanes) is 1. The first kappa shape index (κ1) is 29.5. The van der Waals surface area contributed by atoms with Crippen LogP contribution < -0.4 is 15.5 Å². The lowest BCUT2D eigenvalue weighted by Gasteiger charge is -2.36. The highest BCUT2D eigenvalue weighted by Gasteiger charge is 2.38. The summed E-state index contributed by atoms with van der Waals surface area (Å²) in [6, 6.07) is 7.57. The van der Waals surface area contributed by atoms with Crippen LogP contribution in [0.4, 0.5) is 9.80 Å². The number of carbonyl (C=O) groups excluding carboxylic acids is 3. The normalized spacial score (nSPS) is 17.9. The van der Waals surface area contributed by atoms with Gasteiger partial charge in [0.25, 0.3) is 5.91 Å². The van der Waals surface area contributed by atoms with Crippen molar-refractivity contribution in [2.24, 2.45) is 0 Å². The number of carboxylic acids is 1. The molecule has 40 heavy (non-hydrogen) atoms. The second kappa shape index (κ2) is 14.2. The molecule has 0 bridgehead atoms. The van der Waals surface area contributed by atoms with Crippen LogP contribution in [-0.2, 0) is 14.3 Å². The lowest BCUT2D eigenvalue weighted by molar-refractivity contribution is -0.137. The van der Waals surface area contributed by atoms with Crippen LogP contribution in [0.1, 0.15) is 55.9 Å². The number of nitrogens with zero attached hydrogens (tertiary/aromatic N) is 3. The molecule has 0 radical (unpaired) electrons. The Bertz CT molecular complexity index is 1180. The number of thiazole rings is 1. The van der Waals surface area contributed by atoms with Crippen LogP contribution in [0, 0.1) is 0 Å². The van der Waals surface area contributed by atoms with Gasteiger partial charge in [0.15, 0.2) is 11.5 Å². The molecule has 2 saturated heterocycles. The van der Waals surface area contributed by atoms with E-state index in [1.165, 1.54) is 16.2 Å². The van der Waals surface area contributed by atoms with Gasteiger partial charge >= 0.3 is 12.1 Å². The lowest BCUT2D eigenvalue weighted by Crippen LogP contribution is -2.61. The molecule has 2 aliphatic rings. The highest BCUT2D eigenvalue weighted by atomic mass is 32.1. The third-order valence-electron chi connectivity index (χ3n) is 7.06. The summed E-state index contributed by atoms with van der Waals surface area (Å²) in [6.07, 6.45) is 2.59. The number of hydrogen-bond acceptors (Lipinski definition) is 9. The Labute approximate surface area is 237 Å². The van der Waals surface area contributed by atoms with Crippen molar-refractivity contribution in [3.05, 3.63) is 36.0 Å². The number of Topliss-reactive ketones (excluding diaryl/α,β-unsaturated/α-hetero) is 1. The number of carbonyl (C=O) groups is 4. The summed E-state index contributed by atoms with van der Waals surface area (Å²) < 4.78 is 5.36. The first-order chi connectivity index (χ1) is 19.4. The molecule has 3 N–H and O–H groups in total. The number of anilines is 1. The fourth-order valence-electron chi connectivity index (χ4n) is 4.87. The molecule has 4 rings (SSSR count). The topological polar surface area (TPSA) is 141 Å². The number of aromatic nitrogens is 1. The van der Waals surface area contributed by atoms with Gasteiger partial charge in [-0.15, -0.1) is 0 Å². The largest absolute Gasteiger partial charge is 0.481 e. The van der Waals surface area contributed by atoms with Crippen molar-refractivity contribution in [1.29, 1.82) is 0 Å². The molecule has 1 unspecified atom stereocenters. The van der Waals surface area contributed by atoms with Crippen LogP contribution in [0.3, 0.4) is 0 Å². The van der Waals surface area contributed by atoms with E-state index in [-0.39, 0.29) is 38.2 Å². The molecular formula is C28H37N5O6S. The predicted molar refractivity (Wildman–Crippen MR) is 152 cm³/mol. The zero-order chi connectivity index (χ0) is 28.5. The average molecular weight is 572 g/mol. The number of amides is 2. The van der Waals surface area contributed by atoms with Crippen molar-refractivity contribution in [2.45, 2.75) is 57.5 Å². The van der Waals surface area contributed by atoms with Crippen LogP contribution in [-0.4, -0.2) is 90.2 Å². The molecular weight excluding hydrogens is 534 g/mol. The highest BCUT2D eigenvalue weighted by Crippen LogP contribution is 2.36. The van der Waals surface area contributed by atoms with Gasteiger partial charge in [-0.3, -0.25) is 19.3 Å². The van der Waals surface area contributed by atoms with Crippen molar-refractivity contribution in [3.8, 4) is 10.6 Å². The summed E-state index contributed by atoms with van der Waals surface area (Å²) in [4.78, 5) is 59.8. The van der Waals surface area contributed by atoms with Crippen LogP contribution in [0.15, 0.2) is 30.3 Å². The van der Waals surface area contributed by atoms with E-state index >= 15 is 0 Å². The monoisotopic (exact) mass is 571 g/mol. The van der Waals surface area contributed by atoms with Gasteiger partial charge in [0, 0.05) is 44.7 Å². The molecule has 2 aliphatic heterocycles. The summed E-state index contributed by atoms with van der Waals surface area (Å²) in [5, 5.41) is 16.7. The van der Waals surface area contributed by atoms with Crippen LogP contribution >= 0.6 is 11.3 Å². The van der Waals surface area contributed by atoms with E-state index < -0.39 is 35.8 Å². The second-order valence-corrected chi connectivity index (χ2v) is 11.0. The Hall–Kier alpha value is -3.51. The Morgan fingerprint density at radius 2 is 1.93 bits per heavy atom. The Balaban J connectivity index is 1.58. The fraction of sp³-hybridized carbons (Fsp3) is 0.536. The SMILES string of the molecule is CCCCOC(=O)N1CCNCC1C(=O)[C@H](CCC(=O)O)NC(=O)c1nc(-c2ccccc2)sc1N1CCCC1. The average Bonchev–Trinajstić information content (AvgIpc) is 3.66. The van der Waals surface area contributed by atoms with E-state index in [1.807, 2.05) is 37.3 Å². The minimum atomic E-state index is -1.12. The first-order valence-electron chi connectivity index (χ1n) is 13.9. The van der Waals surface area contributed by atoms with Gasteiger partial charge in [-0.1, -0.05) is 55.0 Å². The van der Waals surface area contributed by atoms with Crippen molar-refractivity contribution in [1.82, 2.24) is 20.5 Å². The summed E-state index contributed by atoms with van der Waals surface area (Å²) in [7, 11) is 0. The van der Waals surface area contributed by atoms with Gasteiger partial charge in [-0.2, -0.15) is 0 Å². The number of hydrogen-bond donors (Lipinski definition) is 3. The first-order valence-corrected chi connectivity index (χ1v) is 14.7. The van der Waals surface area contributed by atoms with Gasteiger partial charge in [-0.05, 0) is 25.7 Å². The maximum Gasteiger partial charge on any atom is 0.410 e. The van der Waals surface area contributed by atoms with Crippen LogP contribution in [0.5, 0.6) is 0 Å². The number of ketones is 1. The van der Waals surface area contributed by atoms with Gasteiger partial charge in [0.2, 0.25) is 0 Å². The summed E-state index contributed by atoms with van der Waals surface area (Å²) in [5.74, 6) is -2.05. The molecule has 0 saturated carbocycles. The molecule has 0 spiro atoms. The third kappa shape index (κ3) is 7.36. The van der Waals surface area contributed by atoms with Gasteiger partial charge in [0.1, 0.15) is 16.1 Å². The summed E-state index contributed by atoms with van der Waals surface area (Å²) in [5.41, 5.74) is 1.10. The van der Waals surface area contributed by atoms with Crippen LogP contribution in [0.2, 0.25) is 0 Å². The van der Waals surface area contributed by atoms with Gasteiger partial charge in [0.05, 0.1) is 12.6 Å². The molecule has 3 heterocycles. The van der Waals surface area contributed by atoms with Crippen molar-refractivity contribution >= 4 is 40.1 Å². The fourth-order valence-corrected chi connectivity index (χ4v) is 6.00. The molecule has 2 fully saturated rings. The quantitative estimate of drug-likeness (QED) is 0.328. The van der Waals surface area contributed by atoms with Gasteiger partial charge < -0.3 is 25.4 Å². The molecule has 2 amide bonds. The number of rotatable bonds is 12. The Kier molecular flexibility index (Phi) is 10.5. The number of piperazine rings is 1. The second-order valence-electron chi connectivity index (χ2n) is 9.98. The minimum Gasteiger partial charge on any atom is -0.481 e.